The van der Waals surface area contributed by atoms with Crippen LogP contribution in [0.3, 0.4) is 0 Å². The van der Waals surface area contributed by atoms with Crippen molar-refractivity contribution in [3.8, 4) is 0 Å². The van der Waals surface area contributed by atoms with Crippen molar-refractivity contribution < 1.29 is 9.40 Å². The van der Waals surface area contributed by atoms with Crippen LogP contribution in [0.5, 0.6) is 0 Å². The Morgan fingerprint density at radius 2 is 2.33 bits per heavy atom. The summed E-state index contributed by atoms with van der Waals surface area (Å²) in [4.78, 5) is 2.93. The number of aromatic amines is 1. The monoisotopic (exact) mass is 120 g/mol. The highest BCUT2D eigenvalue weighted by atomic mass is 16.3. The molecule has 0 saturated heterocycles. The molecule has 2 rings (SSSR count). The predicted molar refractivity (Wildman–Crippen MR) is 32.8 cm³/mol. The van der Waals surface area contributed by atoms with Crippen LogP contribution in [0.15, 0.2) is 35.2 Å². The molecule has 0 bridgehead atoms. The average molecular weight is 120 g/mol. The van der Waals surface area contributed by atoms with Gasteiger partial charge in [-0.1, -0.05) is 0 Å². The van der Waals surface area contributed by atoms with Crippen LogP contribution < -0.4 is 4.98 Å². The molecule has 0 saturated carbocycles. The van der Waals surface area contributed by atoms with Gasteiger partial charge in [-0.2, -0.15) is 0 Å². The Morgan fingerprint density at radius 3 is 3.22 bits per heavy atom. The summed E-state index contributed by atoms with van der Waals surface area (Å²) in [6.45, 7) is 0. The van der Waals surface area contributed by atoms with Crippen LogP contribution in [0, 0.1) is 0 Å². The van der Waals surface area contributed by atoms with Crippen LogP contribution in [-0.2, 0) is 0 Å². The van der Waals surface area contributed by atoms with E-state index in [-0.39, 0.29) is 0 Å². The van der Waals surface area contributed by atoms with E-state index in [9.17, 15) is 0 Å². The Hall–Kier alpha value is -1.31. The lowest BCUT2D eigenvalue weighted by Gasteiger charge is -1.75. The molecule has 0 amide bonds. The normalized spacial score (nSPS) is 10.2. The maximum absolute atomic E-state index is 5.09. The quantitative estimate of drug-likeness (QED) is 0.514. The summed E-state index contributed by atoms with van der Waals surface area (Å²) >= 11 is 0. The van der Waals surface area contributed by atoms with E-state index in [1.165, 1.54) is 0 Å². The van der Waals surface area contributed by atoms with Crippen LogP contribution in [0.4, 0.5) is 0 Å². The molecular formula is C7H6NO+. The summed E-state index contributed by atoms with van der Waals surface area (Å²) in [6, 6.07) is 3.90. The molecule has 2 heterocycles. The molecule has 0 aliphatic heterocycles. The van der Waals surface area contributed by atoms with Gasteiger partial charge >= 0.3 is 0 Å². The minimum absolute atomic E-state index is 0.900. The number of nitrogens with one attached hydrogen (secondary N) is 1. The zero-order valence-electron chi connectivity index (χ0n) is 4.79. The smallest absolute Gasteiger partial charge is 0.210 e. The second-order valence-corrected chi connectivity index (χ2v) is 1.88. The number of hydrogen-bond donors (Lipinski definition) is 0. The zero-order valence-corrected chi connectivity index (χ0v) is 4.79. The molecule has 0 atom stereocenters. The van der Waals surface area contributed by atoms with Gasteiger partial charge in [0.1, 0.15) is 0 Å². The van der Waals surface area contributed by atoms with E-state index in [0.717, 1.165) is 11.0 Å². The van der Waals surface area contributed by atoms with Crippen molar-refractivity contribution in [2.24, 2.45) is 0 Å². The third-order valence-electron chi connectivity index (χ3n) is 1.30. The minimum Gasteiger partial charge on any atom is -0.458 e. The summed E-state index contributed by atoms with van der Waals surface area (Å²) in [5, 5.41) is 1.13. The Morgan fingerprint density at radius 1 is 1.33 bits per heavy atom. The molecule has 9 heavy (non-hydrogen) atoms. The van der Waals surface area contributed by atoms with Gasteiger partial charge in [0.25, 0.3) is 0 Å². The molecule has 0 aromatic carbocycles. The first-order valence-electron chi connectivity index (χ1n) is 2.80. The van der Waals surface area contributed by atoms with Crippen molar-refractivity contribution >= 4 is 11.0 Å². The number of pyridine rings is 1. The summed E-state index contributed by atoms with van der Waals surface area (Å²) < 4.78 is 5.09. The van der Waals surface area contributed by atoms with E-state index < -0.39 is 0 Å². The zero-order chi connectivity index (χ0) is 6.10. The van der Waals surface area contributed by atoms with Gasteiger partial charge in [-0.15, -0.1) is 0 Å². The summed E-state index contributed by atoms with van der Waals surface area (Å²) in [5.41, 5.74) is 0.900. The number of rotatable bonds is 0. The third-order valence-corrected chi connectivity index (χ3v) is 1.30. The molecule has 1 N–H and O–H groups in total. The highest BCUT2D eigenvalue weighted by Crippen LogP contribution is 2.09. The SMILES string of the molecule is c1cc2ccoc2c[nH+]1. The maximum atomic E-state index is 5.09. The molecule has 0 unspecified atom stereocenters. The van der Waals surface area contributed by atoms with E-state index in [4.69, 9.17) is 4.42 Å². The van der Waals surface area contributed by atoms with Gasteiger partial charge in [0.2, 0.25) is 6.20 Å². The van der Waals surface area contributed by atoms with Crippen LogP contribution in [0.1, 0.15) is 0 Å². The number of hydrogen-bond acceptors (Lipinski definition) is 1. The van der Waals surface area contributed by atoms with E-state index >= 15 is 0 Å². The first-order chi connectivity index (χ1) is 4.47. The summed E-state index contributed by atoms with van der Waals surface area (Å²) in [5.74, 6) is 0. The molecule has 0 aliphatic rings. The maximum Gasteiger partial charge on any atom is 0.210 e. The molecule has 44 valence electrons. The van der Waals surface area contributed by atoms with Crippen LogP contribution >= 0.6 is 0 Å². The standard InChI is InChI=1S/C7H5NO/c1-3-8-5-7-6(1)2-4-9-7/h1-5H/p+1. The Kier molecular flexibility index (Phi) is 0.803. The third kappa shape index (κ3) is 0.598. The van der Waals surface area contributed by atoms with E-state index in [2.05, 4.69) is 4.98 Å². The first-order valence-corrected chi connectivity index (χ1v) is 2.80. The van der Waals surface area contributed by atoms with Gasteiger partial charge in [-0.05, 0) is 6.07 Å². The van der Waals surface area contributed by atoms with E-state index in [0.29, 0.717) is 0 Å². The fourth-order valence-corrected chi connectivity index (χ4v) is 0.848. The van der Waals surface area contributed by atoms with Crippen molar-refractivity contribution in [2.75, 3.05) is 0 Å². The number of aromatic nitrogens is 1. The van der Waals surface area contributed by atoms with Crippen LogP contribution in [0.2, 0.25) is 0 Å². The molecule has 2 aromatic rings. The van der Waals surface area contributed by atoms with E-state index in [1.54, 1.807) is 6.26 Å². The molecule has 2 aromatic heterocycles. The highest BCUT2D eigenvalue weighted by molar-refractivity contribution is 5.74. The predicted octanol–water partition coefficient (Wildman–Crippen LogP) is 1.25. The van der Waals surface area contributed by atoms with Gasteiger partial charge in [-0.25, -0.2) is 4.98 Å². The first kappa shape index (κ1) is 4.56. The lowest BCUT2D eigenvalue weighted by Crippen LogP contribution is -1.95. The second kappa shape index (κ2) is 1.58. The van der Waals surface area contributed by atoms with Crippen molar-refractivity contribution in [1.29, 1.82) is 0 Å². The van der Waals surface area contributed by atoms with Gasteiger partial charge < -0.3 is 4.42 Å². The lowest BCUT2D eigenvalue weighted by molar-refractivity contribution is -0.376. The van der Waals surface area contributed by atoms with Crippen molar-refractivity contribution in [3.63, 3.8) is 0 Å². The summed E-state index contributed by atoms with van der Waals surface area (Å²) in [7, 11) is 0. The Bertz CT molecular complexity index is 283. The lowest BCUT2D eigenvalue weighted by atomic mass is 10.3. The van der Waals surface area contributed by atoms with Gasteiger partial charge in [0.05, 0.1) is 6.26 Å². The van der Waals surface area contributed by atoms with Crippen LogP contribution in [-0.4, -0.2) is 0 Å². The fourth-order valence-electron chi connectivity index (χ4n) is 0.848. The number of fused-ring (bicyclic) bond motifs is 1. The molecular weight excluding hydrogens is 114 g/mol. The van der Waals surface area contributed by atoms with Gasteiger partial charge in [0, 0.05) is 11.5 Å². The van der Waals surface area contributed by atoms with Crippen molar-refractivity contribution in [1.82, 2.24) is 0 Å². The molecule has 2 nitrogen and oxygen atoms in total. The number of H-pyrrole nitrogens is 1. The topological polar surface area (TPSA) is 27.3 Å². The largest absolute Gasteiger partial charge is 0.458 e. The Labute approximate surface area is 52.1 Å². The molecule has 2 heteroatoms. The molecule has 0 fully saturated rings. The fraction of sp³-hybridized carbons (Fsp3) is 0. The molecule has 0 spiro atoms. The van der Waals surface area contributed by atoms with Crippen LogP contribution in [0.25, 0.3) is 11.0 Å². The highest BCUT2D eigenvalue weighted by Gasteiger charge is 1.94. The minimum atomic E-state index is 0.900. The van der Waals surface area contributed by atoms with Crippen molar-refractivity contribution in [2.45, 2.75) is 0 Å². The average Bonchev–Trinajstić information content (AvgIpc) is 2.33. The summed E-state index contributed by atoms with van der Waals surface area (Å²) in [6.07, 6.45) is 5.38. The molecule has 0 aliphatic carbocycles. The van der Waals surface area contributed by atoms with Crippen molar-refractivity contribution in [3.05, 3.63) is 30.8 Å². The second-order valence-electron chi connectivity index (χ2n) is 1.88. The van der Waals surface area contributed by atoms with Gasteiger partial charge in [0.15, 0.2) is 11.8 Å². The number of furan rings is 1. The van der Waals surface area contributed by atoms with Gasteiger partial charge in [-0.3, -0.25) is 0 Å². The molecule has 0 radical (unpaired) electrons. The Balaban J connectivity index is 2.95. The van der Waals surface area contributed by atoms with E-state index in [1.807, 2.05) is 24.5 Å².